The molecule has 0 unspecified atom stereocenters. The van der Waals surface area contributed by atoms with Crippen molar-refractivity contribution in [3.8, 4) is 5.69 Å². The molecule has 1 aromatic carbocycles. The molecule has 0 bridgehead atoms. The first-order chi connectivity index (χ1) is 11.2. The van der Waals surface area contributed by atoms with Gasteiger partial charge in [0.05, 0.1) is 22.6 Å². The maximum atomic E-state index is 11.8. The lowest BCUT2D eigenvalue weighted by Crippen LogP contribution is -2.19. The highest BCUT2D eigenvalue weighted by Gasteiger charge is 2.02. The molecule has 0 fully saturated rings. The van der Waals surface area contributed by atoms with Gasteiger partial charge in [0.1, 0.15) is 0 Å². The second-order valence-corrected chi connectivity index (χ2v) is 6.03. The van der Waals surface area contributed by atoms with Gasteiger partial charge >= 0.3 is 0 Å². The summed E-state index contributed by atoms with van der Waals surface area (Å²) in [5, 5.41) is 10.0. The van der Waals surface area contributed by atoms with Crippen LogP contribution in [-0.2, 0) is 11.3 Å². The SMILES string of the molecule is Cc1nc(/C=C/C(=O)NCc2cnn(-c3ccccc3)c2)cs1. The van der Waals surface area contributed by atoms with Gasteiger partial charge in [-0.05, 0) is 25.1 Å². The van der Waals surface area contributed by atoms with Crippen LogP contribution in [-0.4, -0.2) is 20.7 Å². The van der Waals surface area contributed by atoms with E-state index in [1.807, 2.05) is 48.8 Å². The summed E-state index contributed by atoms with van der Waals surface area (Å²) in [5.41, 5.74) is 2.74. The molecule has 0 atom stereocenters. The molecule has 116 valence electrons. The van der Waals surface area contributed by atoms with Crippen LogP contribution < -0.4 is 5.32 Å². The van der Waals surface area contributed by atoms with Gasteiger partial charge in [0.25, 0.3) is 0 Å². The molecule has 0 aliphatic rings. The molecule has 6 heteroatoms. The fourth-order valence-electron chi connectivity index (χ4n) is 2.04. The quantitative estimate of drug-likeness (QED) is 0.734. The van der Waals surface area contributed by atoms with E-state index in [9.17, 15) is 4.79 Å². The number of carbonyl (C=O) groups excluding carboxylic acids is 1. The Hall–Kier alpha value is -2.73. The Morgan fingerprint density at radius 1 is 1.35 bits per heavy atom. The zero-order valence-corrected chi connectivity index (χ0v) is 13.5. The van der Waals surface area contributed by atoms with Crippen LogP contribution in [0.2, 0.25) is 0 Å². The highest BCUT2D eigenvalue weighted by atomic mass is 32.1. The Balaban J connectivity index is 1.55. The van der Waals surface area contributed by atoms with E-state index in [0.717, 1.165) is 22.0 Å². The van der Waals surface area contributed by atoms with E-state index in [0.29, 0.717) is 6.54 Å². The first-order valence-corrected chi connectivity index (χ1v) is 8.06. The molecule has 0 spiro atoms. The van der Waals surface area contributed by atoms with Crippen molar-refractivity contribution in [2.24, 2.45) is 0 Å². The van der Waals surface area contributed by atoms with Crippen molar-refractivity contribution < 1.29 is 4.79 Å². The molecule has 2 aromatic heterocycles. The molecule has 0 saturated carbocycles. The topological polar surface area (TPSA) is 59.8 Å². The molecule has 1 amide bonds. The van der Waals surface area contributed by atoms with E-state index < -0.39 is 0 Å². The summed E-state index contributed by atoms with van der Waals surface area (Å²) in [5.74, 6) is -0.150. The smallest absolute Gasteiger partial charge is 0.244 e. The standard InChI is InChI=1S/C17H16N4OS/c1-13-20-15(12-23-13)7-8-17(22)18-9-14-10-19-21(11-14)16-5-3-2-4-6-16/h2-8,10-12H,9H2,1H3,(H,18,22)/b8-7+. The number of aromatic nitrogens is 3. The Kier molecular flexibility index (Phi) is 4.63. The van der Waals surface area contributed by atoms with Gasteiger partial charge in [-0.25, -0.2) is 9.67 Å². The van der Waals surface area contributed by atoms with Crippen LogP contribution in [0.25, 0.3) is 11.8 Å². The number of amides is 1. The zero-order valence-electron chi connectivity index (χ0n) is 12.6. The minimum absolute atomic E-state index is 0.150. The third-order valence-electron chi connectivity index (χ3n) is 3.17. The molecule has 2 heterocycles. The van der Waals surface area contributed by atoms with Crippen LogP contribution >= 0.6 is 11.3 Å². The first kappa shape index (κ1) is 15.2. The Morgan fingerprint density at radius 2 is 2.17 bits per heavy atom. The third-order valence-corrected chi connectivity index (χ3v) is 3.96. The second-order valence-electron chi connectivity index (χ2n) is 4.97. The van der Waals surface area contributed by atoms with Crippen LogP contribution in [0.5, 0.6) is 0 Å². The summed E-state index contributed by atoms with van der Waals surface area (Å²) in [4.78, 5) is 16.1. The van der Waals surface area contributed by atoms with E-state index in [2.05, 4.69) is 15.4 Å². The third kappa shape index (κ3) is 4.14. The monoisotopic (exact) mass is 324 g/mol. The van der Waals surface area contributed by atoms with Crippen molar-refractivity contribution in [2.75, 3.05) is 0 Å². The fourth-order valence-corrected chi connectivity index (χ4v) is 2.62. The number of nitrogens with zero attached hydrogens (tertiary/aromatic N) is 3. The number of hydrogen-bond donors (Lipinski definition) is 1. The second kappa shape index (κ2) is 7.02. The minimum atomic E-state index is -0.150. The van der Waals surface area contributed by atoms with Gasteiger partial charge in [0, 0.05) is 29.8 Å². The molecule has 5 nitrogen and oxygen atoms in total. The average Bonchev–Trinajstić information content (AvgIpc) is 3.21. The van der Waals surface area contributed by atoms with Crippen molar-refractivity contribution in [3.63, 3.8) is 0 Å². The summed E-state index contributed by atoms with van der Waals surface area (Å²) in [6.45, 7) is 2.37. The number of rotatable bonds is 5. The van der Waals surface area contributed by atoms with Gasteiger partial charge in [-0.15, -0.1) is 11.3 Å². The van der Waals surface area contributed by atoms with E-state index in [-0.39, 0.29) is 5.91 Å². The number of carbonyl (C=O) groups is 1. The number of aryl methyl sites for hydroxylation is 1. The number of para-hydroxylation sites is 1. The molecule has 0 aliphatic heterocycles. The maximum Gasteiger partial charge on any atom is 0.244 e. The molecular formula is C17H16N4OS. The van der Waals surface area contributed by atoms with Crippen molar-refractivity contribution >= 4 is 23.3 Å². The maximum absolute atomic E-state index is 11.8. The van der Waals surface area contributed by atoms with E-state index in [1.165, 1.54) is 6.08 Å². The number of thiazole rings is 1. The highest BCUT2D eigenvalue weighted by Crippen LogP contribution is 2.09. The van der Waals surface area contributed by atoms with Crippen LogP contribution in [0, 0.1) is 6.92 Å². The van der Waals surface area contributed by atoms with Crippen molar-refractivity contribution in [1.82, 2.24) is 20.1 Å². The lowest BCUT2D eigenvalue weighted by molar-refractivity contribution is -0.116. The van der Waals surface area contributed by atoms with Crippen molar-refractivity contribution in [1.29, 1.82) is 0 Å². The Bertz CT molecular complexity index is 820. The summed E-state index contributed by atoms with van der Waals surface area (Å²) < 4.78 is 1.79. The van der Waals surface area contributed by atoms with Gasteiger partial charge in [0.15, 0.2) is 0 Å². The van der Waals surface area contributed by atoms with Gasteiger partial charge in [-0.1, -0.05) is 18.2 Å². The van der Waals surface area contributed by atoms with Gasteiger partial charge in [0.2, 0.25) is 5.91 Å². The number of nitrogens with one attached hydrogen (secondary N) is 1. The Labute approximate surface area is 138 Å². The molecule has 23 heavy (non-hydrogen) atoms. The largest absolute Gasteiger partial charge is 0.348 e. The highest BCUT2D eigenvalue weighted by molar-refractivity contribution is 7.09. The minimum Gasteiger partial charge on any atom is -0.348 e. The van der Waals surface area contributed by atoms with Gasteiger partial charge in [-0.3, -0.25) is 4.79 Å². The molecular weight excluding hydrogens is 308 g/mol. The molecule has 0 saturated heterocycles. The predicted octanol–water partition coefficient (Wildman–Crippen LogP) is 2.97. The molecule has 3 rings (SSSR count). The molecule has 3 aromatic rings. The lowest BCUT2D eigenvalue weighted by Gasteiger charge is -2.00. The summed E-state index contributed by atoms with van der Waals surface area (Å²) >= 11 is 1.56. The molecule has 0 radical (unpaired) electrons. The first-order valence-electron chi connectivity index (χ1n) is 7.18. The summed E-state index contributed by atoms with van der Waals surface area (Å²) in [7, 11) is 0. The summed E-state index contributed by atoms with van der Waals surface area (Å²) in [6, 6.07) is 9.85. The van der Waals surface area contributed by atoms with Crippen LogP contribution in [0.1, 0.15) is 16.3 Å². The van der Waals surface area contributed by atoms with Crippen LogP contribution in [0.3, 0.4) is 0 Å². The molecule has 1 N–H and O–H groups in total. The van der Waals surface area contributed by atoms with E-state index in [1.54, 1.807) is 28.3 Å². The van der Waals surface area contributed by atoms with E-state index in [4.69, 9.17) is 0 Å². The number of hydrogen-bond acceptors (Lipinski definition) is 4. The van der Waals surface area contributed by atoms with Gasteiger partial charge < -0.3 is 5.32 Å². The van der Waals surface area contributed by atoms with Crippen LogP contribution in [0.15, 0.2) is 54.2 Å². The molecule has 0 aliphatic carbocycles. The lowest BCUT2D eigenvalue weighted by atomic mass is 10.3. The normalized spacial score (nSPS) is 11.0. The van der Waals surface area contributed by atoms with Crippen molar-refractivity contribution in [3.05, 3.63) is 70.4 Å². The average molecular weight is 324 g/mol. The van der Waals surface area contributed by atoms with Crippen LogP contribution in [0.4, 0.5) is 0 Å². The van der Waals surface area contributed by atoms with E-state index >= 15 is 0 Å². The Morgan fingerprint density at radius 3 is 2.91 bits per heavy atom. The van der Waals surface area contributed by atoms with Gasteiger partial charge in [-0.2, -0.15) is 5.10 Å². The summed E-state index contributed by atoms with van der Waals surface area (Å²) in [6.07, 6.45) is 6.87. The predicted molar refractivity (Wildman–Crippen MR) is 91.3 cm³/mol. The zero-order chi connectivity index (χ0) is 16.1. The number of benzene rings is 1. The fraction of sp³-hybridized carbons (Fsp3) is 0.118. The van der Waals surface area contributed by atoms with Crippen molar-refractivity contribution in [2.45, 2.75) is 13.5 Å².